The number of fused-ring (bicyclic) bond motifs is 1. The highest BCUT2D eigenvalue weighted by molar-refractivity contribution is 5.80. The van der Waals surface area contributed by atoms with Crippen molar-refractivity contribution in [1.82, 2.24) is 20.4 Å². The van der Waals surface area contributed by atoms with Gasteiger partial charge in [0.25, 0.3) is 0 Å². The fraction of sp³-hybridized carbons (Fsp3) is 0.667. The van der Waals surface area contributed by atoms with Crippen molar-refractivity contribution >= 4 is 11.9 Å². The van der Waals surface area contributed by atoms with Crippen LogP contribution in [0.2, 0.25) is 0 Å². The normalized spacial score (nSPS) is 15.1. The van der Waals surface area contributed by atoms with Crippen molar-refractivity contribution in [2.24, 2.45) is 4.99 Å². The molecule has 0 aromatic heterocycles. The molecule has 168 valence electrons. The van der Waals surface area contributed by atoms with Crippen molar-refractivity contribution in [3.63, 3.8) is 0 Å². The Kier molecular flexibility index (Phi) is 10.7. The van der Waals surface area contributed by atoms with E-state index in [4.69, 9.17) is 0 Å². The van der Waals surface area contributed by atoms with Crippen LogP contribution in [0.3, 0.4) is 0 Å². The fourth-order valence-electron chi connectivity index (χ4n) is 3.97. The second-order valence-corrected chi connectivity index (χ2v) is 8.15. The smallest absolute Gasteiger partial charge is 0.222 e. The van der Waals surface area contributed by atoms with Gasteiger partial charge in [-0.05, 0) is 63.4 Å². The molecule has 1 heterocycles. The third-order valence-corrected chi connectivity index (χ3v) is 5.96. The first kappa shape index (κ1) is 24.2. The van der Waals surface area contributed by atoms with Crippen LogP contribution in [0.15, 0.2) is 29.3 Å². The molecule has 2 rings (SSSR count). The molecule has 1 aliphatic heterocycles. The van der Waals surface area contributed by atoms with Gasteiger partial charge < -0.3 is 20.4 Å². The van der Waals surface area contributed by atoms with Crippen LogP contribution in [0.4, 0.5) is 0 Å². The Morgan fingerprint density at radius 1 is 1.20 bits per heavy atom. The van der Waals surface area contributed by atoms with Crippen LogP contribution in [0.5, 0.6) is 0 Å². The maximum absolute atomic E-state index is 12.6. The molecule has 0 bridgehead atoms. The Morgan fingerprint density at radius 3 is 2.63 bits per heavy atom. The van der Waals surface area contributed by atoms with E-state index in [1.165, 1.54) is 17.5 Å². The maximum Gasteiger partial charge on any atom is 0.222 e. The van der Waals surface area contributed by atoms with Crippen molar-refractivity contribution in [3.05, 3.63) is 35.4 Å². The number of nitrogens with one attached hydrogen (secondary N) is 2. The number of amides is 1. The summed E-state index contributed by atoms with van der Waals surface area (Å²) in [6.07, 6.45) is 4.65. The number of nitrogens with zero attached hydrogens (tertiary/aromatic N) is 3. The third-order valence-electron chi connectivity index (χ3n) is 5.96. The second kappa shape index (κ2) is 13.3. The summed E-state index contributed by atoms with van der Waals surface area (Å²) >= 11 is 0. The summed E-state index contributed by atoms with van der Waals surface area (Å²) < 4.78 is 0. The number of hydrogen-bond donors (Lipinski definition) is 2. The van der Waals surface area contributed by atoms with Gasteiger partial charge in [0.1, 0.15) is 0 Å². The highest BCUT2D eigenvalue weighted by Gasteiger charge is 2.19. The Balaban J connectivity index is 1.62. The number of hydrogen-bond acceptors (Lipinski definition) is 3. The van der Waals surface area contributed by atoms with E-state index in [0.717, 1.165) is 64.5 Å². The minimum Gasteiger partial charge on any atom is -0.356 e. The number of rotatable bonds is 11. The molecule has 1 aromatic rings. The average Bonchev–Trinajstić information content (AvgIpc) is 2.78. The largest absolute Gasteiger partial charge is 0.356 e. The third kappa shape index (κ3) is 7.98. The summed E-state index contributed by atoms with van der Waals surface area (Å²) in [5.41, 5.74) is 2.67. The fourth-order valence-corrected chi connectivity index (χ4v) is 3.97. The van der Waals surface area contributed by atoms with Crippen LogP contribution in [-0.4, -0.2) is 67.5 Å². The Labute approximate surface area is 183 Å². The topological polar surface area (TPSA) is 60.0 Å². The Morgan fingerprint density at radius 2 is 1.93 bits per heavy atom. The van der Waals surface area contributed by atoms with Crippen molar-refractivity contribution in [2.45, 2.75) is 65.5 Å². The number of carbonyl (C=O) groups excluding carboxylic acids is 1. The lowest BCUT2D eigenvalue weighted by atomic mass is 9.99. The van der Waals surface area contributed by atoms with Gasteiger partial charge in [0.2, 0.25) is 5.91 Å². The summed E-state index contributed by atoms with van der Waals surface area (Å²) in [6, 6.07) is 8.82. The van der Waals surface area contributed by atoms with E-state index in [-0.39, 0.29) is 5.91 Å². The molecule has 0 radical (unpaired) electrons. The van der Waals surface area contributed by atoms with Crippen molar-refractivity contribution in [1.29, 1.82) is 0 Å². The van der Waals surface area contributed by atoms with Gasteiger partial charge in [-0.2, -0.15) is 0 Å². The number of carbonyl (C=O) groups is 1. The lowest BCUT2D eigenvalue weighted by molar-refractivity contribution is -0.132. The van der Waals surface area contributed by atoms with Crippen LogP contribution in [-0.2, 0) is 17.8 Å². The number of benzene rings is 1. The summed E-state index contributed by atoms with van der Waals surface area (Å²) in [4.78, 5) is 21.3. The summed E-state index contributed by atoms with van der Waals surface area (Å²) in [7, 11) is 1.80. The van der Waals surface area contributed by atoms with Gasteiger partial charge in [0.05, 0.1) is 0 Å². The molecule has 1 aromatic carbocycles. The number of guanidine groups is 1. The van der Waals surface area contributed by atoms with Gasteiger partial charge in [-0.3, -0.25) is 9.79 Å². The molecule has 0 spiro atoms. The molecule has 0 saturated carbocycles. The zero-order valence-corrected chi connectivity index (χ0v) is 19.4. The van der Waals surface area contributed by atoms with E-state index in [1.54, 1.807) is 7.05 Å². The van der Waals surface area contributed by atoms with Crippen LogP contribution in [0.1, 0.15) is 57.6 Å². The molecule has 2 N–H and O–H groups in total. The van der Waals surface area contributed by atoms with Crippen molar-refractivity contribution < 1.29 is 4.79 Å². The monoisotopic (exact) mass is 415 g/mol. The first-order chi connectivity index (χ1) is 14.6. The summed E-state index contributed by atoms with van der Waals surface area (Å²) in [5.74, 6) is 1.07. The quantitative estimate of drug-likeness (QED) is 0.331. The summed E-state index contributed by atoms with van der Waals surface area (Å²) in [6.45, 7) is 12.3. The lowest BCUT2D eigenvalue weighted by Gasteiger charge is -2.29. The molecular weight excluding hydrogens is 374 g/mol. The van der Waals surface area contributed by atoms with E-state index in [0.29, 0.717) is 12.5 Å². The standard InChI is InChI=1S/C24H41N5O/c1-5-28(6-2)17-10-11-20(3)27-24(25-4)26-16-9-14-23(30)29-18-15-21-12-7-8-13-22(21)19-29/h7-8,12-13,20H,5-6,9-11,14-19H2,1-4H3,(H2,25,26,27). The SMILES string of the molecule is CCN(CC)CCCC(C)NC(=NC)NCCCC(=O)N1CCc2ccccc2C1. The van der Waals surface area contributed by atoms with Gasteiger partial charge in [-0.1, -0.05) is 38.1 Å². The molecule has 0 aliphatic carbocycles. The zero-order valence-electron chi connectivity index (χ0n) is 19.4. The molecule has 1 aliphatic rings. The Hall–Kier alpha value is -2.08. The van der Waals surface area contributed by atoms with Crippen LogP contribution in [0, 0.1) is 0 Å². The first-order valence-corrected chi connectivity index (χ1v) is 11.6. The molecule has 1 atom stereocenters. The lowest BCUT2D eigenvalue weighted by Crippen LogP contribution is -2.43. The van der Waals surface area contributed by atoms with Crippen LogP contribution < -0.4 is 10.6 Å². The maximum atomic E-state index is 12.6. The molecule has 0 saturated heterocycles. The minimum absolute atomic E-state index is 0.249. The average molecular weight is 416 g/mol. The van der Waals surface area contributed by atoms with E-state index in [2.05, 4.69) is 65.6 Å². The van der Waals surface area contributed by atoms with E-state index < -0.39 is 0 Å². The molecule has 0 fully saturated rings. The number of aliphatic imine (C=N–C) groups is 1. The highest BCUT2D eigenvalue weighted by atomic mass is 16.2. The van der Waals surface area contributed by atoms with Gasteiger partial charge in [0.15, 0.2) is 5.96 Å². The molecule has 1 unspecified atom stereocenters. The van der Waals surface area contributed by atoms with Crippen molar-refractivity contribution in [2.75, 3.05) is 39.8 Å². The van der Waals surface area contributed by atoms with Gasteiger partial charge in [-0.25, -0.2) is 0 Å². The second-order valence-electron chi connectivity index (χ2n) is 8.15. The Bertz CT molecular complexity index is 671. The predicted molar refractivity (Wildman–Crippen MR) is 126 cm³/mol. The molecule has 6 heteroatoms. The minimum atomic E-state index is 0.249. The van der Waals surface area contributed by atoms with Crippen molar-refractivity contribution in [3.8, 4) is 0 Å². The van der Waals surface area contributed by atoms with E-state index >= 15 is 0 Å². The van der Waals surface area contributed by atoms with E-state index in [1.807, 2.05) is 4.90 Å². The highest BCUT2D eigenvalue weighted by Crippen LogP contribution is 2.19. The molecule has 1 amide bonds. The van der Waals surface area contributed by atoms with Gasteiger partial charge >= 0.3 is 0 Å². The zero-order chi connectivity index (χ0) is 21.8. The molecular formula is C24H41N5O. The van der Waals surface area contributed by atoms with Crippen LogP contribution >= 0.6 is 0 Å². The van der Waals surface area contributed by atoms with Gasteiger partial charge in [0, 0.05) is 39.1 Å². The summed E-state index contributed by atoms with van der Waals surface area (Å²) in [5, 5.41) is 6.82. The van der Waals surface area contributed by atoms with E-state index in [9.17, 15) is 4.79 Å². The molecule has 30 heavy (non-hydrogen) atoms. The molecule has 6 nitrogen and oxygen atoms in total. The predicted octanol–water partition coefficient (Wildman–Crippen LogP) is 3.03. The first-order valence-electron chi connectivity index (χ1n) is 11.6. The van der Waals surface area contributed by atoms with Crippen LogP contribution in [0.25, 0.3) is 0 Å². The van der Waals surface area contributed by atoms with Gasteiger partial charge in [-0.15, -0.1) is 0 Å².